The molecule has 0 radical (unpaired) electrons. The van der Waals surface area contributed by atoms with Crippen LogP contribution >= 0.6 is 15.9 Å². The molecule has 0 aromatic heterocycles. The van der Waals surface area contributed by atoms with Gasteiger partial charge in [-0.2, -0.15) is 0 Å². The third kappa shape index (κ3) is 3.62. The van der Waals surface area contributed by atoms with E-state index in [0.29, 0.717) is 0 Å². The van der Waals surface area contributed by atoms with Crippen molar-refractivity contribution in [1.29, 1.82) is 0 Å². The molecule has 3 heteroatoms. The number of halogens is 1. The van der Waals surface area contributed by atoms with Crippen LogP contribution in [0.1, 0.15) is 35.1 Å². The zero-order valence-corrected chi connectivity index (χ0v) is 14.2. The maximum Gasteiger partial charge on any atom is 0.328 e. The van der Waals surface area contributed by atoms with Crippen LogP contribution in [0.15, 0.2) is 59.1 Å². The molecule has 0 aliphatic heterocycles. The summed E-state index contributed by atoms with van der Waals surface area (Å²) in [6, 6.07) is 16.6. The number of carboxylic acids is 1. The number of hydrogen-bond donors (Lipinski definition) is 1. The van der Waals surface area contributed by atoms with E-state index in [1.807, 2.05) is 12.1 Å². The highest BCUT2D eigenvalue weighted by atomic mass is 79.9. The van der Waals surface area contributed by atoms with Crippen LogP contribution in [0.3, 0.4) is 0 Å². The zero-order chi connectivity index (χ0) is 16.2. The van der Waals surface area contributed by atoms with Gasteiger partial charge in [-0.1, -0.05) is 64.5 Å². The lowest BCUT2D eigenvalue weighted by Gasteiger charge is -2.13. The molecule has 0 unspecified atom stereocenters. The smallest absolute Gasteiger partial charge is 0.328 e. The maximum atomic E-state index is 10.6. The van der Waals surface area contributed by atoms with E-state index < -0.39 is 5.97 Å². The van der Waals surface area contributed by atoms with Crippen LogP contribution in [0, 0.1) is 0 Å². The number of allylic oxidation sites excluding steroid dienone is 1. The second-order valence-electron chi connectivity index (χ2n) is 5.58. The highest BCUT2D eigenvalue weighted by molar-refractivity contribution is 9.11. The van der Waals surface area contributed by atoms with Crippen molar-refractivity contribution >= 4 is 33.5 Å². The average Bonchev–Trinajstić information content (AvgIpc) is 2.72. The number of hydrogen-bond acceptors (Lipinski definition) is 1. The fourth-order valence-electron chi connectivity index (χ4n) is 2.93. The molecule has 0 saturated heterocycles. The van der Waals surface area contributed by atoms with Crippen LogP contribution in [0.5, 0.6) is 0 Å². The van der Waals surface area contributed by atoms with Crippen LogP contribution in [-0.4, -0.2) is 11.1 Å². The molecule has 0 heterocycles. The first-order chi connectivity index (χ1) is 11.1. The van der Waals surface area contributed by atoms with E-state index in [1.165, 1.54) is 21.2 Å². The minimum atomic E-state index is -0.933. The fraction of sp³-hybridized carbons (Fsp3) is 0.150. The molecule has 1 aliphatic rings. The molecule has 0 amide bonds. The lowest BCUT2D eigenvalue weighted by atomic mass is 9.93. The molecule has 0 bridgehead atoms. The Labute approximate surface area is 144 Å². The normalized spacial score (nSPS) is 14.7. The summed E-state index contributed by atoms with van der Waals surface area (Å²) in [6.07, 6.45) is 6.03. The van der Waals surface area contributed by atoms with E-state index in [4.69, 9.17) is 5.11 Å². The van der Waals surface area contributed by atoms with Crippen LogP contribution in [0.25, 0.3) is 11.6 Å². The number of fused-ring (bicyclic) bond motifs is 1. The Morgan fingerprint density at radius 3 is 2.52 bits per heavy atom. The van der Waals surface area contributed by atoms with Crippen molar-refractivity contribution in [1.82, 2.24) is 0 Å². The second-order valence-corrected chi connectivity index (χ2v) is 6.54. The molecule has 0 spiro atoms. The Morgan fingerprint density at radius 1 is 1.04 bits per heavy atom. The fourth-order valence-corrected chi connectivity index (χ4v) is 3.65. The summed E-state index contributed by atoms with van der Waals surface area (Å²) in [5.74, 6) is -0.933. The molecule has 1 N–H and O–H groups in total. The highest BCUT2D eigenvalue weighted by Crippen LogP contribution is 2.37. The van der Waals surface area contributed by atoms with E-state index >= 15 is 0 Å². The summed E-state index contributed by atoms with van der Waals surface area (Å²) in [6.45, 7) is 0. The van der Waals surface area contributed by atoms with Gasteiger partial charge in [0.05, 0.1) is 0 Å². The van der Waals surface area contributed by atoms with Gasteiger partial charge in [0, 0.05) is 10.6 Å². The first kappa shape index (κ1) is 15.8. The lowest BCUT2D eigenvalue weighted by Crippen LogP contribution is -1.94. The van der Waals surface area contributed by atoms with Gasteiger partial charge in [0.15, 0.2) is 0 Å². The SMILES string of the molecule is O=C(O)C=Cc1ccc(C2=C(Br)CCCc3ccccc32)cc1. The van der Waals surface area contributed by atoms with Crippen molar-refractivity contribution in [3.63, 3.8) is 0 Å². The van der Waals surface area contributed by atoms with Gasteiger partial charge < -0.3 is 5.11 Å². The molecule has 23 heavy (non-hydrogen) atoms. The van der Waals surface area contributed by atoms with Crippen molar-refractivity contribution in [2.24, 2.45) is 0 Å². The molecule has 2 nitrogen and oxygen atoms in total. The number of aryl methyl sites for hydroxylation is 1. The van der Waals surface area contributed by atoms with Gasteiger partial charge in [0.25, 0.3) is 0 Å². The van der Waals surface area contributed by atoms with Gasteiger partial charge in [-0.25, -0.2) is 4.79 Å². The minimum absolute atomic E-state index is 0.884. The van der Waals surface area contributed by atoms with E-state index in [9.17, 15) is 4.79 Å². The van der Waals surface area contributed by atoms with Gasteiger partial charge in [0.1, 0.15) is 0 Å². The Hall–Kier alpha value is -2.13. The molecule has 0 fully saturated rings. The summed E-state index contributed by atoms with van der Waals surface area (Å²) >= 11 is 3.77. The second kappa shape index (κ2) is 6.97. The summed E-state index contributed by atoms with van der Waals surface area (Å²) in [4.78, 5) is 10.6. The van der Waals surface area contributed by atoms with Gasteiger partial charge in [-0.3, -0.25) is 0 Å². The van der Waals surface area contributed by atoms with E-state index in [2.05, 4.69) is 52.3 Å². The number of benzene rings is 2. The van der Waals surface area contributed by atoms with Crippen molar-refractivity contribution in [2.45, 2.75) is 19.3 Å². The molecular weight excluding hydrogens is 352 g/mol. The molecule has 0 saturated carbocycles. The third-order valence-corrected chi connectivity index (χ3v) is 4.81. The number of carboxylic acid groups (broad SMARTS) is 1. The summed E-state index contributed by atoms with van der Waals surface area (Å²) in [7, 11) is 0. The molecule has 1 aliphatic carbocycles. The number of rotatable bonds is 3. The summed E-state index contributed by atoms with van der Waals surface area (Å²) in [5, 5.41) is 8.71. The third-order valence-electron chi connectivity index (χ3n) is 4.02. The largest absolute Gasteiger partial charge is 0.478 e. The van der Waals surface area contributed by atoms with Crippen LogP contribution in [-0.2, 0) is 11.2 Å². The zero-order valence-electron chi connectivity index (χ0n) is 12.6. The van der Waals surface area contributed by atoms with Crippen LogP contribution < -0.4 is 0 Å². The minimum Gasteiger partial charge on any atom is -0.478 e. The summed E-state index contributed by atoms with van der Waals surface area (Å²) < 4.78 is 1.23. The molecule has 2 aromatic carbocycles. The van der Waals surface area contributed by atoms with E-state index in [1.54, 1.807) is 6.08 Å². The van der Waals surface area contributed by atoms with Gasteiger partial charge >= 0.3 is 5.97 Å². The molecule has 3 rings (SSSR count). The van der Waals surface area contributed by atoms with E-state index in [-0.39, 0.29) is 0 Å². The molecule has 116 valence electrons. The Bertz CT molecular complexity index is 786. The van der Waals surface area contributed by atoms with Crippen LogP contribution in [0.2, 0.25) is 0 Å². The first-order valence-electron chi connectivity index (χ1n) is 7.63. The van der Waals surface area contributed by atoms with Gasteiger partial charge in [-0.15, -0.1) is 0 Å². The highest BCUT2D eigenvalue weighted by Gasteiger charge is 2.16. The first-order valence-corrected chi connectivity index (χ1v) is 8.43. The van der Waals surface area contributed by atoms with Crippen LogP contribution in [0.4, 0.5) is 0 Å². The summed E-state index contributed by atoms with van der Waals surface area (Å²) in [5.41, 5.74) is 5.94. The Kier molecular flexibility index (Phi) is 4.77. The standard InChI is InChI=1S/C20H17BrO2/c21-18-7-3-5-15-4-1-2-6-17(15)20(18)16-11-8-14(9-12-16)10-13-19(22)23/h1-2,4,6,8-13H,3,5,7H2,(H,22,23). The Balaban J connectivity index is 2.01. The maximum absolute atomic E-state index is 10.6. The molecule has 2 aromatic rings. The number of carbonyl (C=O) groups is 1. The molecule has 0 atom stereocenters. The van der Waals surface area contributed by atoms with Gasteiger partial charge in [0.2, 0.25) is 0 Å². The Morgan fingerprint density at radius 2 is 1.78 bits per heavy atom. The van der Waals surface area contributed by atoms with Crippen molar-refractivity contribution in [3.05, 3.63) is 81.3 Å². The van der Waals surface area contributed by atoms with E-state index in [0.717, 1.165) is 36.5 Å². The average molecular weight is 369 g/mol. The predicted octanol–water partition coefficient (Wildman–Crippen LogP) is 5.28. The number of aliphatic carboxylic acids is 1. The van der Waals surface area contributed by atoms with Gasteiger partial charge in [-0.05, 0) is 53.2 Å². The topological polar surface area (TPSA) is 37.3 Å². The predicted molar refractivity (Wildman–Crippen MR) is 97.4 cm³/mol. The quantitative estimate of drug-likeness (QED) is 0.748. The molecular formula is C20H17BrO2. The lowest BCUT2D eigenvalue weighted by molar-refractivity contribution is -0.131. The van der Waals surface area contributed by atoms with Crippen molar-refractivity contribution in [3.8, 4) is 0 Å². The monoisotopic (exact) mass is 368 g/mol. The van der Waals surface area contributed by atoms with Crippen molar-refractivity contribution < 1.29 is 9.90 Å². The van der Waals surface area contributed by atoms with Crippen molar-refractivity contribution in [2.75, 3.05) is 0 Å².